The van der Waals surface area contributed by atoms with Crippen LogP contribution in [0.15, 0.2) is 24.3 Å². The summed E-state index contributed by atoms with van der Waals surface area (Å²) < 4.78 is 5.48. The van der Waals surface area contributed by atoms with Crippen molar-refractivity contribution < 1.29 is 23.9 Å². The van der Waals surface area contributed by atoms with Crippen LogP contribution in [0.1, 0.15) is 52.8 Å². The van der Waals surface area contributed by atoms with Gasteiger partial charge in [-0.1, -0.05) is 18.6 Å². The van der Waals surface area contributed by atoms with E-state index in [1.807, 2.05) is 0 Å². The Morgan fingerprint density at radius 2 is 1.60 bits per heavy atom. The maximum atomic E-state index is 12.8. The Kier molecular flexibility index (Phi) is 3.59. The lowest BCUT2D eigenvalue weighted by molar-refractivity contribution is -0.166. The molecule has 2 aliphatic heterocycles. The number of hydrogen-bond donors (Lipinski definition) is 0. The molecule has 0 bridgehead atoms. The molecule has 1 aromatic carbocycles. The van der Waals surface area contributed by atoms with Crippen LogP contribution in [-0.4, -0.2) is 52.3 Å². The zero-order valence-electron chi connectivity index (χ0n) is 13.7. The lowest BCUT2D eigenvalue weighted by Gasteiger charge is -2.39. The summed E-state index contributed by atoms with van der Waals surface area (Å²) in [5.41, 5.74) is -0.284. The topological polar surface area (TPSA) is 84.0 Å². The van der Waals surface area contributed by atoms with E-state index in [9.17, 15) is 19.2 Å². The van der Waals surface area contributed by atoms with Crippen LogP contribution in [0.25, 0.3) is 0 Å². The molecule has 4 rings (SSSR count). The molecule has 0 aromatic heterocycles. The van der Waals surface area contributed by atoms with Crippen LogP contribution in [0.2, 0.25) is 0 Å². The van der Waals surface area contributed by atoms with Crippen molar-refractivity contribution in [3.05, 3.63) is 35.4 Å². The Morgan fingerprint density at radius 1 is 1.00 bits per heavy atom. The van der Waals surface area contributed by atoms with Gasteiger partial charge in [-0.3, -0.25) is 29.0 Å². The van der Waals surface area contributed by atoms with Crippen molar-refractivity contribution in [3.63, 3.8) is 0 Å². The Balaban J connectivity index is 1.55. The van der Waals surface area contributed by atoms with E-state index in [1.165, 1.54) is 4.90 Å². The third-order valence-electron chi connectivity index (χ3n) is 5.19. The van der Waals surface area contributed by atoms with Gasteiger partial charge >= 0.3 is 5.97 Å². The van der Waals surface area contributed by atoms with Crippen molar-refractivity contribution >= 4 is 23.7 Å². The predicted octanol–water partition coefficient (Wildman–Crippen LogP) is 1.33. The highest BCUT2D eigenvalue weighted by Gasteiger charge is 2.51. The first kappa shape index (κ1) is 15.8. The molecular formula is C18H18N2O5. The van der Waals surface area contributed by atoms with Gasteiger partial charge in [-0.2, -0.15) is 0 Å². The maximum Gasteiger partial charge on any atom is 0.327 e. The van der Waals surface area contributed by atoms with Gasteiger partial charge in [-0.05, 0) is 25.0 Å². The molecular weight excluding hydrogens is 324 g/mol. The average Bonchev–Trinajstić information content (AvgIpc) is 3.05. The smallest absolute Gasteiger partial charge is 0.327 e. The molecule has 3 amide bonds. The number of benzene rings is 1. The number of imide groups is 1. The molecule has 2 fully saturated rings. The quantitative estimate of drug-likeness (QED) is 0.598. The molecule has 1 aliphatic carbocycles. The Hall–Kier alpha value is -2.70. The summed E-state index contributed by atoms with van der Waals surface area (Å²) in [7, 11) is 0. The summed E-state index contributed by atoms with van der Waals surface area (Å²) >= 11 is 0. The number of esters is 1. The largest absolute Gasteiger partial charge is 0.437 e. The molecule has 130 valence electrons. The van der Waals surface area contributed by atoms with Crippen molar-refractivity contribution in [1.82, 2.24) is 9.80 Å². The minimum atomic E-state index is -0.898. The molecule has 2 heterocycles. The van der Waals surface area contributed by atoms with Crippen LogP contribution in [-0.2, 0) is 14.3 Å². The number of carbonyl (C=O) groups is 4. The monoisotopic (exact) mass is 342 g/mol. The van der Waals surface area contributed by atoms with E-state index >= 15 is 0 Å². The van der Waals surface area contributed by atoms with Crippen LogP contribution < -0.4 is 0 Å². The highest BCUT2D eigenvalue weighted by Crippen LogP contribution is 2.38. The number of carbonyl (C=O) groups excluding carboxylic acids is 4. The van der Waals surface area contributed by atoms with Gasteiger partial charge in [0.2, 0.25) is 5.91 Å². The van der Waals surface area contributed by atoms with E-state index in [4.69, 9.17) is 4.74 Å². The Labute approximate surface area is 144 Å². The van der Waals surface area contributed by atoms with E-state index in [1.54, 1.807) is 24.3 Å². The second-order valence-electron chi connectivity index (χ2n) is 6.70. The van der Waals surface area contributed by atoms with Gasteiger partial charge in [0.1, 0.15) is 13.1 Å². The first-order chi connectivity index (χ1) is 12.0. The van der Waals surface area contributed by atoms with Gasteiger partial charge in [-0.25, -0.2) is 0 Å². The van der Waals surface area contributed by atoms with Crippen molar-refractivity contribution in [3.8, 4) is 0 Å². The zero-order valence-corrected chi connectivity index (χ0v) is 13.7. The van der Waals surface area contributed by atoms with Gasteiger partial charge in [0.25, 0.3) is 11.8 Å². The molecule has 1 spiro atoms. The molecule has 1 saturated heterocycles. The Morgan fingerprint density at radius 3 is 2.20 bits per heavy atom. The van der Waals surface area contributed by atoms with E-state index in [0.717, 1.165) is 24.2 Å². The van der Waals surface area contributed by atoms with Crippen LogP contribution >= 0.6 is 0 Å². The highest BCUT2D eigenvalue weighted by atomic mass is 16.6. The second kappa shape index (κ2) is 5.68. The average molecular weight is 342 g/mol. The van der Waals surface area contributed by atoms with Crippen molar-refractivity contribution in [2.45, 2.75) is 37.8 Å². The van der Waals surface area contributed by atoms with Crippen LogP contribution in [0.3, 0.4) is 0 Å². The third-order valence-corrected chi connectivity index (χ3v) is 5.19. The first-order valence-electron chi connectivity index (χ1n) is 8.49. The number of hydrogen-bond acceptors (Lipinski definition) is 5. The Bertz CT molecular complexity index is 746. The fourth-order valence-electron chi connectivity index (χ4n) is 3.97. The van der Waals surface area contributed by atoms with E-state index < -0.39 is 29.4 Å². The summed E-state index contributed by atoms with van der Waals surface area (Å²) in [6.45, 7) is -0.493. The van der Waals surface area contributed by atoms with Gasteiger partial charge in [-0.15, -0.1) is 0 Å². The molecule has 1 saturated carbocycles. The molecule has 25 heavy (non-hydrogen) atoms. The standard InChI is InChI=1S/C18H18N2O5/c21-14(20-11-15(22)25-18(20)8-4-1-5-9-18)10-19-16(23)12-6-2-3-7-13(12)17(19)24/h2-3,6-7H,1,4-5,8-11H2. The van der Waals surface area contributed by atoms with Crippen LogP contribution in [0, 0.1) is 0 Å². The van der Waals surface area contributed by atoms with Gasteiger partial charge in [0.15, 0.2) is 5.72 Å². The number of nitrogens with zero attached hydrogens (tertiary/aromatic N) is 2. The molecule has 7 nitrogen and oxygen atoms in total. The van der Waals surface area contributed by atoms with Gasteiger partial charge in [0.05, 0.1) is 11.1 Å². The molecule has 7 heteroatoms. The van der Waals surface area contributed by atoms with Crippen LogP contribution in [0.4, 0.5) is 0 Å². The number of rotatable bonds is 2. The SMILES string of the molecule is O=C1CN(C(=O)CN2C(=O)c3ccccc3C2=O)C2(CCCCC2)O1. The number of amides is 3. The van der Waals surface area contributed by atoms with Crippen LogP contribution in [0.5, 0.6) is 0 Å². The predicted molar refractivity (Wildman–Crippen MR) is 85.4 cm³/mol. The maximum absolute atomic E-state index is 12.8. The highest BCUT2D eigenvalue weighted by molar-refractivity contribution is 6.22. The molecule has 0 N–H and O–H groups in total. The summed E-state index contributed by atoms with van der Waals surface area (Å²) in [4.78, 5) is 51.8. The molecule has 3 aliphatic rings. The van der Waals surface area contributed by atoms with Gasteiger partial charge in [0, 0.05) is 12.8 Å². The fourth-order valence-corrected chi connectivity index (χ4v) is 3.97. The van der Waals surface area contributed by atoms with Crippen molar-refractivity contribution in [1.29, 1.82) is 0 Å². The van der Waals surface area contributed by atoms with Crippen molar-refractivity contribution in [2.24, 2.45) is 0 Å². The number of ether oxygens (including phenoxy) is 1. The summed E-state index contributed by atoms with van der Waals surface area (Å²) in [5.74, 6) is -1.81. The molecule has 1 aromatic rings. The molecule has 0 unspecified atom stereocenters. The molecule has 0 radical (unpaired) electrons. The van der Waals surface area contributed by atoms with Gasteiger partial charge < -0.3 is 4.74 Å². The summed E-state index contributed by atoms with van der Waals surface area (Å²) in [5, 5.41) is 0. The normalized spacial score (nSPS) is 21.7. The van der Waals surface area contributed by atoms with E-state index in [-0.39, 0.29) is 13.1 Å². The minimum absolute atomic E-state index is 0.123. The second-order valence-corrected chi connectivity index (χ2v) is 6.70. The zero-order chi connectivity index (χ0) is 17.6. The summed E-state index contributed by atoms with van der Waals surface area (Å²) in [6, 6.07) is 6.51. The van der Waals surface area contributed by atoms with Crippen molar-refractivity contribution in [2.75, 3.05) is 13.1 Å². The lowest BCUT2D eigenvalue weighted by Crippen LogP contribution is -2.53. The molecule has 0 atom stereocenters. The fraction of sp³-hybridized carbons (Fsp3) is 0.444. The van der Waals surface area contributed by atoms with E-state index in [0.29, 0.717) is 24.0 Å². The third kappa shape index (κ3) is 2.42. The van der Waals surface area contributed by atoms with E-state index in [2.05, 4.69) is 0 Å². The number of fused-ring (bicyclic) bond motifs is 1. The lowest BCUT2D eigenvalue weighted by atomic mass is 9.90. The first-order valence-corrected chi connectivity index (χ1v) is 8.49. The minimum Gasteiger partial charge on any atom is -0.437 e. The summed E-state index contributed by atoms with van der Waals surface area (Å²) in [6.07, 6.45) is 4.01.